The average molecular weight is 891 g/mol. The number of imide groups is 2. The Morgan fingerprint density at radius 1 is 0.800 bits per heavy atom. The largest absolute Gasteiger partial charge is 0.433 e. The fourth-order valence-corrected chi connectivity index (χ4v) is 9.60. The van der Waals surface area contributed by atoms with E-state index in [-0.39, 0.29) is 36.2 Å². The van der Waals surface area contributed by atoms with Gasteiger partial charge >= 0.3 is 6.18 Å². The van der Waals surface area contributed by atoms with Gasteiger partial charge in [-0.2, -0.15) is 13.2 Å². The second kappa shape index (κ2) is 16.9. The van der Waals surface area contributed by atoms with Crippen LogP contribution in [0.25, 0.3) is 11.2 Å². The molecule has 0 unspecified atom stereocenters. The van der Waals surface area contributed by atoms with Crippen molar-refractivity contribution in [1.29, 1.82) is 0 Å². The highest BCUT2D eigenvalue weighted by molar-refractivity contribution is 6.23. The SMILES string of the molecule is O=C1CC[C@H](N2C(=O)c3ccc(N4CCC(CN5CCN(c6ccc(Nc7ncnc8c7ncn8C7CC(NC(=O)c8cccc(C(F)(F)F)n8)C7)cc6)CC5)CC4)cc3C2=O)C(=O)N1. The van der Waals surface area contributed by atoms with E-state index in [1.807, 2.05) is 22.8 Å². The number of aromatic nitrogens is 5. The second-order valence-electron chi connectivity index (χ2n) is 17.3. The van der Waals surface area contributed by atoms with Crippen LogP contribution in [0.15, 0.2) is 73.3 Å². The average Bonchev–Trinajstić information content (AvgIpc) is 3.83. The zero-order chi connectivity index (χ0) is 45.0. The highest BCUT2D eigenvalue weighted by Crippen LogP contribution is 2.37. The monoisotopic (exact) mass is 890 g/mol. The Labute approximate surface area is 370 Å². The van der Waals surface area contributed by atoms with E-state index in [0.29, 0.717) is 41.3 Å². The van der Waals surface area contributed by atoms with Crippen molar-refractivity contribution in [2.24, 2.45) is 5.92 Å². The Morgan fingerprint density at radius 2 is 1.52 bits per heavy atom. The number of hydrogen-bond donors (Lipinski definition) is 3. The molecule has 20 heteroatoms. The zero-order valence-electron chi connectivity index (χ0n) is 35.1. The van der Waals surface area contributed by atoms with E-state index in [1.54, 1.807) is 18.5 Å². The number of nitrogens with zero attached hydrogens (tertiary/aromatic N) is 9. The lowest BCUT2D eigenvalue weighted by Crippen LogP contribution is -2.54. The smallest absolute Gasteiger partial charge is 0.371 e. The van der Waals surface area contributed by atoms with Gasteiger partial charge in [-0.15, -0.1) is 0 Å². The Kier molecular flexibility index (Phi) is 10.9. The van der Waals surface area contributed by atoms with Crippen molar-refractivity contribution in [1.82, 2.24) is 44.9 Å². The number of anilines is 4. The van der Waals surface area contributed by atoms with Gasteiger partial charge in [-0.3, -0.25) is 39.1 Å². The van der Waals surface area contributed by atoms with Crippen LogP contribution in [0.2, 0.25) is 0 Å². The van der Waals surface area contributed by atoms with Crippen LogP contribution >= 0.6 is 0 Å². The topological polar surface area (TPSA) is 191 Å². The summed E-state index contributed by atoms with van der Waals surface area (Å²) in [7, 11) is 0. The minimum absolute atomic E-state index is 0.00974. The molecule has 1 saturated carbocycles. The highest BCUT2D eigenvalue weighted by atomic mass is 19.4. The quantitative estimate of drug-likeness (QED) is 0.166. The van der Waals surface area contributed by atoms with Gasteiger partial charge in [0.1, 0.15) is 23.8 Å². The van der Waals surface area contributed by atoms with Crippen molar-refractivity contribution in [3.8, 4) is 0 Å². The highest BCUT2D eigenvalue weighted by Gasteiger charge is 2.45. The molecule has 3 saturated heterocycles. The molecule has 10 rings (SSSR count). The number of hydrogen-bond acceptors (Lipinski definition) is 13. The minimum atomic E-state index is -4.64. The maximum Gasteiger partial charge on any atom is 0.433 e. The Hall–Kier alpha value is -6.96. The first kappa shape index (κ1) is 42.0. The zero-order valence-corrected chi connectivity index (χ0v) is 35.1. The molecule has 3 aromatic heterocycles. The van der Waals surface area contributed by atoms with Crippen molar-refractivity contribution in [3.63, 3.8) is 0 Å². The third-order valence-electron chi connectivity index (χ3n) is 13.3. The van der Waals surface area contributed by atoms with Crippen molar-refractivity contribution < 1.29 is 37.1 Å². The van der Waals surface area contributed by atoms with Crippen molar-refractivity contribution >= 4 is 63.6 Å². The molecule has 65 heavy (non-hydrogen) atoms. The van der Waals surface area contributed by atoms with Crippen molar-refractivity contribution in [3.05, 3.63) is 95.8 Å². The molecular formula is C45H45F3N12O5. The van der Waals surface area contributed by atoms with Crippen molar-refractivity contribution in [2.75, 3.05) is 60.9 Å². The van der Waals surface area contributed by atoms with Gasteiger partial charge in [0.15, 0.2) is 17.0 Å². The molecule has 7 heterocycles. The van der Waals surface area contributed by atoms with Crippen LogP contribution < -0.4 is 25.8 Å². The minimum Gasteiger partial charge on any atom is -0.371 e. The molecular weight excluding hydrogens is 846 g/mol. The van der Waals surface area contributed by atoms with Crippen molar-refractivity contribution in [2.45, 2.75) is 62.8 Å². The Bertz CT molecular complexity index is 2690. The fraction of sp³-hybridized carbons (Fsp3) is 0.400. The summed E-state index contributed by atoms with van der Waals surface area (Å²) < 4.78 is 41.2. The van der Waals surface area contributed by atoms with Crippen LogP contribution in [-0.2, 0) is 15.8 Å². The number of rotatable bonds is 10. The number of halogens is 3. The van der Waals surface area contributed by atoms with Crippen LogP contribution in [0.4, 0.5) is 36.1 Å². The van der Waals surface area contributed by atoms with E-state index in [2.05, 4.69) is 62.7 Å². The first-order valence-electron chi connectivity index (χ1n) is 21.8. The van der Waals surface area contributed by atoms with Crippen LogP contribution in [0.1, 0.15) is 81.5 Å². The molecule has 5 amide bonds. The molecule has 0 bridgehead atoms. The molecule has 4 fully saturated rings. The number of pyridine rings is 1. The van der Waals surface area contributed by atoms with Crippen LogP contribution in [-0.4, -0.2) is 122 Å². The molecule has 336 valence electrons. The maximum atomic E-state index is 13.4. The van der Waals surface area contributed by atoms with E-state index in [9.17, 15) is 37.1 Å². The number of carbonyl (C=O) groups is 5. The van der Waals surface area contributed by atoms with E-state index in [4.69, 9.17) is 0 Å². The molecule has 1 atom stereocenters. The number of nitrogens with one attached hydrogen (secondary N) is 3. The number of fused-ring (bicyclic) bond motifs is 2. The molecule has 17 nitrogen and oxygen atoms in total. The summed E-state index contributed by atoms with van der Waals surface area (Å²) in [5.41, 5.74) is 3.28. The van der Waals surface area contributed by atoms with Crippen LogP contribution in [0, 0.1) is 5.92 Å². The third-order valence-corrected chi connectivity index (χ3v) is 13.3. The van der Waals surface area contributed by atoms with Gasteiger partial charge in [0.2, 0.25) is 11.8 Å². The first-order valence-corrected chi connectivity index (χ1v) is 21.8. The van der Waals surface area contributed by atoms with Gasteiger partial charge in [-0.1, -0.05) is 6.07 Å². The lowest BCUT2D eigenvalue weighted by molar-refractivity contribution is -0.141. The lowest BCUT2D eigenvalue weighted by Gasteiger charge is -2.40. The normalized spacial score (nSPS) is 22.0. The van der Waals surface area contributed by atoms with E-state index < -0.39 is 47.4 Å². The number of amides is 5. The van der Waals surface area contributed by atoms with Gasteiger partial charge in [0.25, 0.3) is 17.7 Å². The number of alkyl halides is 3. The summed E-state index contributed by atoms with van der Waals surface area (Å²) in [5, 5.41) is 8.40. The molecule has 1 aliphatic carbocycles. The lowest BCUT2D eigenvalue weighted by atomic mass is 9.86. The number of imidazole rings is 1. The molecule has 5 aliphatic rings. The van der Waals surface area contributed by atoms with E-state index in [1.165, 1.54) is 18.5 Å². The summed E-state index contributed by atoms with van der Waals surface area (Å²) in [6, 6.07) is 15.6. The van der Waals surface area contributed by atoms with E-state index in [0.717, 1.165) is 86.7 Å². The first-order chi connectivity index (χ1) is 31.4. The molecule has 5 aromatic rings. The third kappa shape index (κ3) is 8.33. The summed E-state index contributed by atoms with van der Waals surface area (Å²) in [5.74, 6) is -1.56. The predicted octanol–water partition coefficient (Wildman–Crippen LogP) is 4.56. The number of benzene rings is 2. The van der Waals surface area contributed by atoms with Gasteiger partial charge in [-0.25, -0.2) is 19.9 Å². The molecule has 0 spiro atoms. The Morgan fingerprint density at radius 3 is 2.26 bits per heavy atom. The summed E-state index contributed by atoms with van der Waals surface area (Å²) in [6.07, 6.45) is 1.87. The van der Waals surface area contributed by atoms with Gasteiger partial charge in [-0.05, 0) is 92.6 Å². The molecule has 0 radical (unpaired) electrons. The molecule has 2 aromatic carbocycles. The van der Waals surface area contributed by atoms with Gasteiger partial charge < -0.3 is 25.0 Å². The van der Waals surface area contributed by atoms with Gasteiger partial charge in [0.05, 0.1) is 17.5 Å². The standard InChI is InChI=1S/C45H45F3N12O5/c46-45(47,48)36-3-1-2-34(54-36)41(62)53-28-20-31(21-28)59-25-51-38-39(49-24-50-40(38)59)52-27-4-6-29(7-5-27)58-18-16-56(17-19-58)23-26-12-14-57(15-13-26)30-8-9-32-33(22-30)44(65)60(43(32)64)35-10-11-37(61)55-42(35)63/h1-9,22,24-26,28,31,35H,10-21,23H2,(H,53,62)(H,49,50,52)(H,55,61,63)/t28?,31?,35-/m0/s1. The predicted molar refractivity (Wildman–Crippen MR) is 231 cm³/mol. The fourth-order valence-electron chi connectivity index (χ4n) is 9.60. The number of piperidine rings is 2. The van der Waals surface area contributed by atoms with Crippen LogP contribution in [0.5, 0.6) is 0 Å². The number of carbonyl (C=O) groups excluding carboxylic acids is 5. The summed E-state index contributed by atoms with van der Waals surface area (Å²) in [4.78, 5) is 88.4. The Balaban J connectivity index is 0.677. The summed E-state index contributed by atoms with van der Waals surface area (Å²) >= 11 is 0. The van der Waals surface area contributed by atoms with Gasteiger partial charge in [0, 0.05) is 81.4 Å². The van der Waals surface area contributed by atoms with E-state index >= 15 is 0 Å². The number of piperazine rings is 1. The summed E-state index contributed by atoms with van der Waals surface area (Å²) in [6.45, 7) is 6.40. The molecule has 3 N–H and O–H groups in total. The second-order valence-corrected chi connectivity index (χ2v) is 17.3. The van der Waals surface area contributed by atoms with Crippen LogP contribution in [0.3, 0.4) is 0 Å². The molecule has 4 aliphatic heterocycles. The maximum absolute atomic E-state index is 13.4.